The smallest absolute Gasteiger partial charge is 0.338 e. The summed E-state index contributed by atoms with van der Waals surface area (Å²) in [6.07, 6.45) is -0.141. The fourth-order valence-corrected chi connectivity index (χ4v) is 5.04. The molecule has 2 aliphatic rings. The number of phenolic OH excluding ortho intramolecular Hbond substituents is 1. The van der Waals surface area contributed by atoms with Gasteiger partial charge in [0.2, 0.25) is 5.24 Å². The summed E-state index contributed by atoms with van der Waals surface area (Å²) in [7, 11) is 0. The van der Waals surface area contributed by atoms with Gasteiger partial charge in [-0.2, -0.15) is 0 Å². The van der Waals surface area contributed by atoms with E-state index in [1.165, 1.54) is 6.26 Å². The summed E-state index contributed by atoms with van der Waals surface area (Å²) < 4.78 is 28.5. The maximum absolute atomic E-state index is 13.0. The predicted molar refractivity (Wildman–Crippen MR) is 148 cm³/mol. The van der Waals surface area contributed by atoms with Gasteiger partial charge >= 0.3 is 11.9 Å². The monoisotopic (exact) mass is 574 g/mol. The first-order valence-electron chi connectivity index (χ1n) is 12.8. The second kappa shape index (κ2) is 11.2. The summed E-state index contributed by atoms with van der Waals surface area (Å²) >= 11 is 5.26. The minimum atomic E-state index is -0.660. The van der Waals surface area contributed by atoms with E-state index in [1.54, 1.807) is 72.8 Å². The van der Waals surface area contributed by atoms with E-state index in [0.29, 0.717) is 16.9 Å². The third-order valence-electron chi connectivity index (χ3n) is 6.99. The summed E-state index contributed by atoms with van der Waals surface area (Å²) in [5.74, 6) is -0.402. The number of aromatic hydroxyl groups is 1. The van der Waals surface area contributed by atoms with Crippen LogP contribution in [0, 0.1) is 0 Å². The van der Waals surface area contributed by atoms with E-state index in [4.69, 9.17) is 35.3 Å². The van der Waals surface area contributed by atoms with Crippen LogP contribution >= 0.6 is 11.6 Å². The third-order valence-corrected chi connectivity index (χ3v) is 7.12. The zero-order valence-corrected chi connectivity index (χ0v) is 22.2. The molecule has 0 saturated carbocycles. The van der Waals surface area contributed by atoms with Crippen molar-refractivity contribution in [1.29, 1.82) is 0 Å². The molecule has 2 saturated heterocycles. The number of fused-ring (bicyclic) bond motifs is 3. The summed E-state index contributed by atoms with van der Waals surface area (Å²) in [5, 5.41) is 12.2. The van der Waals surface area contributed by atoms with Gasteiger partial charge in [-0.05, 0) is 81.7 Å². The van der Waals surface area contributed by atoms with Gasteiger partial charge in [-0.15, -0.1) is 0 Å². The SMILES string of the molecule is O=C(Cl)/C=C/Oc1ccc2cc(C(=O)O[C@@H]3CO[C@H]4[C@@H]3OC[C@@H]4OC(=O)c3ccc4cc(O)ccc4c3)ccc2c1. The first-order chi connectivity index (χ1) is 19.8. The molecule has 9 nitrogen and oxygen atoms in total. The molecule has 41 heavy (non-hydrogen) atoms. The van der Waals surface area contributed by atoms with Crippen molar-refractivity contribution in [3.05, 3.63) is 96.3 Å². The normalized spacial score (nSPS) is 21.7. The maximum Gasteiger partial charge on any atom is 0.338 e. The zero-order chi connectivity index (χ0) is 28.5. The fraction of sp³-hybridized carbons (Fsp3) is 0.194. The number of phenols is 1. The van der Waals surface area contributed by atoms with E-state index in [1.807, 2.05) is 0 Å². The van der Waals surface area contributed by atoms with Crippen LogP contribution in [0.25, 0.3) is 21.5 Å². The van der Waals surface area contributed by atoms with Gasteiger partial charge < -0.3 is 28.8 Å². The molecule has 0 radical (unpaired) electrons. The standard InChI is InChI=1S/C31H23ClO9/c32-27(34)9-10-37-24-8-6-18-12-22(4-2-20(18)14-24)31(36)41-26-16-39-28-25(15-38-29(26)28)40-30(35)21-3-1-19-13-23(33)7-5-17(19)11-21/h1-14,25-26,28-29,33H,15-16H2/b10-9+/t25-,26+,28+,29+/m0/s1. The number of allylic oxidation sites excluding steroid dienone is 1. The first kappa shape index (κ1) is 26.8. The van der Waals surface area contributed by atoms with E-state index in [-0.39, 0.29) is 19.0 Å². The molecule has 10 heteroatoms. The molecule has 2 aliphatic heterocycles. The Kier molecular flexibility index (Phi) is 7.32. The lowest BCUT2D eigenvalue weighted by molar-refractivity contribution is -0.107. The van der Waals surface area contributed by atoms with Crippen LogP contribution < -0.4 is 4.74 Å². The van der Waals surface area contributed by atoms with Crippen LogP contribution in [0.2, 0.25) is 0 Å². The van der Waals surface area contributed by atoms with E-state index >= 15 is 0 Å². The second-order valence-corrected chi connectivity index (χ2v) is 10.1. The molecule has 208 valence electrons. The Hall–Kier alpha value is -4.44. The third kappa shape index (κ3) is 5.74. The van der Waals surface area contributed by atoms with Crippen LogP contribution in [0.3, 0.4) is 0 Å². The van der Waals surface area contributed by atoms with Crippen molar-refractivity contribution in [2.45, 2.75) is 24.4 Å². The van der Waals surface area contributed by atoms with Crippen molar-refractivity contribution in [3.63, 3.8) is 0 Å². The second-order valence-electron chi connectivity index (χ2n) is 9.68. The molecule has 0 bridgehead atoms. The van der Waals surface area contributed by atoms with Crippen LogP contribution in [-0.4, -0.2) is 59.9 Å². The Morgan fingerprint density at radius 3 is 1.83 bits per heavy atom. The van der Waals surface area contributed by atoms with Gasteiger partial charge in [-0.25, -0.2) is 9.59 Å². The molecule has 0 spiro atoms. The molecule has 4 aromatic rings. The number of halogens is 1. The molecule has 4 aromatic carbocycles. The zero-order valence-electron chi connectivity index (χ0n) is 21.4. The van der Waals surface area contributed by atoms with Gasteiger partial charge in [0.1, 0.15) is 23.7 Å². The molecule has 0 aliphatic carbocycles. The summed E-state index contributed by atoms with van der Waals surface area (Å²) in [4.78, 5) is 36.6. The van der Waals surface area contributed by atoms with E-state index in [0.717, 1.165) is 27.6 Å². The predicted octanol–water partition coefficient (Wildman–Crippen LogP) is 4.91. The van der Waals surface area contributed by atoms with Crippen molar-refractivity contribution in [2.75, 3.05) is 13.2 Å². The topological polar surface area (TPSA) is 118 Å². The van der Waals surface area contributed by atoms with Crippen molar-refractivity contribution in [2.24, 2.45) is 0 Å². The van der Waals surface area contributed by atoms with Crippen molar-refractivity contribution in [1.82, 2.24) is 0 Å². The lowest BCUT2D eigenvalue weighted by atomic mass is 10.1. The highest BCUT2D eigenvalue weighted by molar-refractivity contribution is 6.66. The van der Waals surface area contributed by atoms with Crippen molar-refractivity contribution < 1.29 is 43.2 Å². The first-order valence-corrected chi connectivity index (χ1v) is 13.2. The Balaban J connectivity index is 1.07. The van der Waals surface area contributed by atoms with E-state index in [2.05, 4.69) is 0 Å². The summed E-state index contributed by atoms with van der Waals surface area (Å²) in [6, 6.07) is 20.3. The Morgan fingerprint density at radius 2 is 1.24 bits per heavy atom. The van der Waals surface area contributed by atoms with Crippen LogP contribution in [0.15, 0.2) is 85.1 Å². The molecule has 0 aromatic heterocycles. The minimum absolute atomic E-state index is 0.112. The van der Waals surface area contributed by atoms with Crippen LogP contribution in [-0.2, 0) is 23.7 Å². The number of esters is 2. The maximum atomic E-state index is 13.0. The van der Waals surface area contributed by atoms with Crippen molar-refractivity contribution in [3.8, 4) is 11.5 Å². The van der Waals surface area contributed by atoms with Gasteiger partial charge in [0, 0.05) is 6.08 Å². The van der Waals surface area contributed by atoms with Gasteiger partial charge in [-0.3, -0.25) is 4.79 Å². The minimum Gasteiger partial charge on any atom is -0.508 e. The quantitative estimate of drug-likeness (QED) is 0.142. The number of hydrogen-bond donors (Lipinski definition) is 1. The molecule has 6 rings (SSSR count). The molecule has 0 amide bonds. The van der Waals surface area contributed by atoms with E-state index < -0.39 is 41.6 Å². The molecule has 2 heterocycles. The highest BCUT2D eigenvalue weighted by atomic mass is 35.5. The van der Waals surface area contributed by atoms with Crippen molar-refractivity contribution >= 4 is 50.3 Å². The van der Waals surface area contributed by atoms with Crippen LogP contribution in [0.5, 0.6) is 11.5 Å². The van der Waals surface area contributed by atoms with Gasteiger partial charge in [0.25, 0.3) is 0 Å². The molecule has 1 N–H and O–H groups in total. The average molecular weight is 575 g/mol. The summed E-state index contributed by atoms with van der Waals surface area (Å²) in [5.41, 5.74) is 0.720. The molecule has 4 atom stereocenters. The van der Waals surface area contributed by atoms with E-state index in [9.17, 15) is 19.5 Å². The lowest BCUT2D eigenvalue weighted by Crippen LogP contribution is -2.36. The highest BCUT2D eigenvalue weighted by Gasteiger charge is 2.51. The van der Waals surface area contributed by atoms with Gasteiger partial charge in [0.15, 0.2) is 12.2 Å². The summed E-state index contributed by atoms with van der Waals surface area (Å²) in [6.45, 7) is 0.229. The number of carbonyl (C=O) groups is 3. The molecular formula is C31H23ClO9. The Labute approximate surface area is 238 Å². The molecule has 2 fully saturated rings. The number of carbonyl (C=O) groups excluding carboxylic acids is 3. The number of hydrogen-bond acceptors (Lipinski definition) is 9. The van der Waals surface area contributed by atoms with Gasteiger partial charge in [-0.1, -0.05) is 24.3 Å². The largest absolute Gasteiger partial charge is 0.508 e. The Morgan fingerprint density at radius 1 is 0.732 bits per heavy atom. The molecule has 0 unspecified atom stereocenters. The average Bonchev–Trinajstić information content (AvgIpc) is 3.55. The number of benzene rings is 4. The van der Waals surface area contributed by atoms with Gasteiger partial charge in [0.05, 0.1) is 30.6 Å². The lowest BCUT2D eigenvalue weighted by Gasteiger charge is -2.17. The fourth-order valence-electron chi connectivity index (χ4n) is 4.99. The highest BCUT2D eigenvalue weighted by Crippen LogP contribution is 2.32. The molecular weight excluding hydrogens is 552 g/mol. The van der Waals surface area contributed by atoms with Crippen LogP contribution in [0.4, 0.5) is 0 Å². The number of rotatable bonds is 7. The van der Waals surface area contributed by atoms with Crippen LogP contribution in [0.1, 0.15) is 20.7 Å². The number of ether oxygens (including phenoxy) is 5. The Bertz CT molecular complexity index is 1700.